The highest BCUT2D eigenvalue weighted by molar-refractivity contribution is 5.99. The molecule has 0 aliphatic carbocycles. The fourth-order valence-corrected chi connectivity index (χ4v) is 2.41. The Labute approximate surface area is 160 Å². The van der Waals surface area contributed by atoms with Gasteiger partial charge in [-0.15, -0.1) is 0 Å². The molecule has 0 bridgehead atoms. The zero-order valence-electron chi connectivity index (χ0n) is 14.8. The number of aromatic nitrogens is 1. The lowest BCUT2D eigenvalue weighted by Gasteiger charge is -2.25. The lowest BCUT2D eigenvalue weighted by atomic mass is 9.96. The number of benzene rings is 1. The number of aliphatic hydroxyl groups is 1. The molecule has 0 spiro atoms. The smallest absolute Gasteiger partial charge is 0.397 e. The molecule has 0 aliphatic heterocycles. The second-order valence-corrected chi connectivity index (χ2v) is 6.52. The van der Waals surface area contributed by atoms with Crippen LogP contribution in [-0.2, 0) is 6.18 Å². The van der Waals surface area contributed by atoms with Gasteiger partial charge in [-0.1, -0.05) is 0 Å². The minimum Gasteiger partial charge on any atom is -0.397 e. The Morgan fingerprint density at radius 1 is 1.10 bits per heavy atom. The van der Waals surface area contributed by atoms with Gasteiger partial charge in [-0.2, -0.15) is 26.3 Å². The van der Waals surface area contributed by atoms with Gasteiger partial charge >= 0.3 is 12.4 Å². The van der Waals surface area contributed by atoms with E-state index in [4.69, 9.17) is 5.73 Å². The molecule has 11 heteroatoms. The summed E-state index contributed by atoms with van der Waals surface area (Å²) in [6.07, 6.45) is -11.8. The van der Waals surface area contributed by atoms with Crippen LogP contribution in [0, 0.1) is 5.82 Å². The number of anilines is 1. The Morgan fingerprint density at radius 2 is 1.66 bits per heavy atom. The van der Waals surface area contributed by atoms with Crippen molar-refractivity contribution in [3.05, 3.63) is 47.4 Å². The van der Waals surface area contributed by atoms with Crippen LogP contribution in [0.1, 0.15) is 35.8 Å². The summed E-state index contributed by atoms with van der Waals surface area (Å²) in [6, 6.07) is 4.23. The van der Waals surface area contributed by atoms with Gasteiger partial charge in [-0.05, 0) is 43.7 Å². The van der Waals surface area contributed by atoms with Crippen LogP contribution < -0.4 is 5.73 Å². The normalized spacial score (nSPS) is 14.5. The minimum absolute atomic E-state index is 0.171. The fourth-order valence-electron chi connectivity index (χ4n) is 2.41. The molecule has 0 aliphatic rings. The van der Waals surface area contributed by atoms with E-state index in [9.17, 15) is 40.6 Å². The maximum atomic E-state index is 13.3. The van der Waals surface area contributed by atoms with Crippen LogP contribution in [0.3, 0.4) is 0 Å². The lowest BCUT2D eigenvalue weighted by Crippen LogP contribution is -2.42. The second-order valence-electron chi connectivity index (χ2n) is 6.52. The molecule has 4 nitrogen and oxygen atoms in total. The molecule has 0 fully saturated rings. The monoisotopic (exact) mass is 424 g/mol. The van der Waals surface area contributed by atoms with Crippen LogP contribution in [0.15, 0.2) is 30.3 Å². The van der Waals surface area contributed by atoms with Gasteiger partial charge in [0.15, 0.2) is 11.4 Å². The largest absolute Gasteiger partial charge is 0.418 e. The van der Waals surface area contributed by atoms with Gasteiger partial charge in [0.25, 0.3) is 0 Å². The number of hydrogen-bond donors (Lipinski definition) is 2. The van der Waals surface area contributed by atoms with Gasteiger partial charge in [-0.3, -0.25) is 4.79 Å². The molecule has 1 unspecified atom stereocenters. The summed E-state index contributed by atoms with van der Waals surface area (Å²) in [5.41, 5.74) is -1.23. The van der Waals surface area contributed by atoms with Crippen LogP contribution in [0.2, 0.25) is 0 Å². The first-order valence-corrected chi connectivity index (χ1v) is 8.09. The molecule has 0 radical (unpaired) electrons. The summed E-state index contributed by atoms with van der Waals surface area (Å²) in [4.78, 5) is 15.9. The Morgan fingerprint density at radius 3 is 2.14 bits per heavy atom. The van der Waals surface area contributed by atoms with Crippen molar-refractivity contribution < 1.29 is 40.6 Å². The molecule has 1 heterocycles. The predicted molar refractivity (Wildman–Crippen MR) is 89.3 cm³/mol. The van der Waals surface area contributed by atoms with Gasteiger partial charge in [0.05, 0.1) is 16.9 Å². The van der Waals surface area contributed by atoms with Crippen molar-refractivity contribution >= 4 is 11.5 Å². The van der Waals surface area contributed by atoms with E-state index in [1.165, 1.54) is 0 Å². The number of carbonyl (C=O) groups is 1. The average Bonchev–Trinajstić information content (AvgIpc) is 2.58. The number of nitrogen functional groups attached to an aromatic ring is 1. The summed E-state index contributed by atoms with van der Waals surface area (Å²) < 4.78 is 91.3. The number of nitrogens with zero attached hydrogens (tertiary/aromatic N) is 1. The van der Waals surface area contributed by atoms with Crippen molar-refractivity contribution in [2.24, 2.45) is 0 Å². The van der Waals surface area contributed by atoms with Crippen molar-refractivity contribution in [2.45, 2.75) is 37.7 Å². The number of Topliss-reactive ketones (excluding diaryl/α,β-unsaturated/α-hetero) is 1. The average molecular weight is 424 g/mol. The highest BCUT2D eigenvalue weighted by Crippen LogP contribution is 2.39. The minimum atomic E-state index is -5.01. The molecule has 2 aromatic rings. The van der Waals surface area contributed by atoms with Crippen LogP contribution >= 0.6 is 0 Å². The molecular weight excluding hydrogens is 409 g/mol. The maximum absolute atomic E-state index is 13.3. The molecule has 0 amide bonds. The molecule has 2 rings (SSSR count). The summed E-state index contributed by atoms with van der Waals surface area (Å²) in [5.74, 6) is -1.80. The van der Waals surface area contributed by atoms with Crippen LogP contribution in [0.25, 0.3) is 11.3 Å². The van der Waals surface area contributed by atoms with Crippen molar-refractivity contribution in [1.29, 1.82) is 0 Å². The highest BCUT2D eigenvalue weighted by atomic mass is 19.4. The number of rotatable bonds is 5. The number of nitrogens with two attached hydrogens (primary N) is 1. The standard InChI is InChI=1S/C18H15F7N2O2/c1-16(29,18(23,24)25)7-6-13(28)15-12(26)8-11(17(20,21)22)14(27-15)9-2-4-10(19)5-3-9/h2-5,8,29H,6-7,26H2,1H3. The molecule has 29 heavy (non-hydrogen) atoms. The number of pyridine rings is 1. The quantitative estimate of drug-likeness (QED) is 0.536. The van der Waals surface area contributed by atoms with E-state index in [-0.39, 0.29) is 5.56 Å². The van der Waals surface area contributed by atoms with Crippen molar-refractivity contribution in [1.82, 2.24) is 4.98 Å². The number of halogens is 7. The van der Waals surface area contributed by atoms with E-state index >= 15 is 0 Å². The van der Waals surface area contributed by atoms with E-state index in [2.05, 4.69) is 4.98 Å². The fraction of sp³-hybridized carbons (Fsp3) is 0.333. The zero-order chi connectivity index (χ0) is 22.2. The molecule has 1 aromatic heterocycles. The van der Waals surface area contributed by atoms with Crippen LogP contribution in [-0.4, -0.2) is 27.7 Å². The maximum Gasteiger partial charge on any atom is 0.418 e. The molecule has 1 atom stereocenters. The van der Waals surface area contributed by atoms with Crippen molar-refractivity contribution in [2.75, 3.05) is 5.73 Å². The third kappa shape index (κ3) is 5.03. The van der Waals surface area contributed by atoms with E-state index in [1.807, 2.05) is 0 Å². The van der Waals surface area contributed by atoms with Crippen LogP contribution in [0.4, 0.5) is 36.4 Å². The van der Waals surface area contributed by atoms with E-state index < -0.39 is 65.0 Å². The molecular formula is C18H15F7N2O2. The Kier molecular flexibility index (Phi) is 5.94. The molecule has 158 valence electrons. The topological polar surface area (TPSA) is 76.2 Å². The third-order valence-electron chi connectivity index (χ3n) is 4.19. The van der Waals surface area contributed by atoms with Gasteiger partial charge in [0.2, 0.25) is 0 Å². The SMILES string of the molecule is CC(O)(CCC(=O)c1nc(-c2ccc(F)cc2)c(C(F)(F)F)cc1N)C(F)(F)F. The van der Waals surface area contributed by atoms with Gasteiger partial charge in [0, 0.05) is 12.0 Å². The highest BCUT2D eigenvalue weighted by Gasteiger charge is 2.49. The van der Waals surface area contributed by atoms with Gasteiger partial charge in [-0.25, -0.2) is 9.37 Å². The Balaban J connectivity index is 2.47. The Bertz CT molecular complexity index is 904. The van der Waals surface area contributed by atoms with Gasteiger partial charge in [0.1, 0.15) is 11.5 Å². The lowest BCUT2D eigenvalue weighted by molar-refractivity contribution is -0.254. The number of hydrogen-bond acceptors (Lipinski definition) is 4. The number of ketones is 1. The van der Waals surface area contributed by atoms with Crippen molar-refractivity contribution in [3.63, 3.8) is 0 Å². The van der Waals surface area contributed by atoms with E-state index in [0.29, 0.717) is 13.0 Å². The first kappa shape index (κ1) is 22.6. The summed E-state index contributed by atoms with van der Waals surface area (Å²) in [6.45, 7) is 0.466. The summed E-state index contributed by atoms with van der Waals surface area (Å²) >= 11 is 0. The van der Waals surface area contributed by atoms with Crippen LogP contribution in [0.5, 0.6) is 0 Å². The Hall–Kier alpha value is -2.69. The van der Waals surface area contributed by atoms with Crippen molar-refractivity contribution in [3.8, 4) is 11.3 Å². The third-order valence-corrected chi connectivity index (χ3v) is 4.19. The first-order chi connectivity index (χ1) is 13.1. The molecule has 0 saturated carbocycles. The van der Waals surface area contributed by atoms with E-state index in [0.717, 1.165) is 24.3 Å². The second kappa shape index (κ2) is 7.62. The summed E-state index contributed by atoms with van der Waals surface area (Å²) in [5, 5.41) is 9.41. The first-order valence-electron chi connectivity index (χ1n) is 8.09. The predicted octanol–water partition coefficient (Wildman–Crippen LogP) is 4.76. The summed E-state index contributed by atoms with van der Waals surface area (Å²) in [7, 11) is 0. The zero-order valence-corrected chi connectivity index (χ0v) is 14.8. The number of alkyl halides is 6. The van der Waals surface area contributed by atoms with Gasteiger partial charge < -0.3 is 10.8 Å². The molecule has 1 aromatic carbocycles. The van der Waals surface area contributed by atoms with E-state index in [1.54, 1.807) is 0 Å². The molecule has 0 saturated heterocycles. The molecule has 3 N–H and O–H groups in total. The number of carbonyl (C=O) groups excluding carboxylic acids is 1.